The summed E-state index contributed by atoms with van der Waals surface area (Å²) in [7, 11) is 2.03. The molecule has 0 amide bonds. The van der Waals surface area contributed by atoms with Gasteiger partial charge in [-0.3, -0.25) is 0 Å². The van der Waals surface area contributed by atoms with E-state index in [0.29, 0.717) is 0 Å². The molecule has 0 aliphatic carbocycles. The normalized spacial score (nSPS) is 27.0. The second-order valence-corrected chi connectivity index (χ2v) is 2.33. The van der Waals surface area contributed by atoms with Gasteiger partial charge in [0, 0.05) is 12.6 Å². The van der Waals surface area contributed by atoms with Gasteiger partial charge in [-0.15, -0.1) is 0 Å². The van der Waals surface area contributed by atoms with Crippen molar-refractivity contribution < 1.29 is 0 Å². The summed E-state index contributed by atoms with van der Waals surface area (Å²) in [4.78, 5) is 0. The quantitative estimate of drug-likeness (QED) is 0.550. The van der Waals surface area contributed by atoms with Crippen LogP contribution in [0.1, 0.15) is 12.8 Å². The van der Waals surface area contributed by atoms with Crippen molar-refractivity contribution in [3.8, 4) is 0 Å². The molecule has 0 radical (unpaired) electrons. The van der Waals surface area contributed by atoms with Gasteiger partial charge in [0.05, 0.1) is 0 Å². The molecule has 1 aliphatic rings. The number of hydrogen-bond donors (Lipinski definition) is 2. The van der Waals surface area contributed by atoms with Crippen LogP contribution < -0.4 is 10.6 Å². The molecular formula is C6H16N2S. The maximum absolute atomic E-state index is 3.32. The third-order valence-corrected chi connectivity index (χ3v) is 1.71. The Morgan fingerprint density at radius 1 is 1.56 bits per heavy atom. The van der Waals surface area contributed by atoms with Crippen LogP contribution in [0.5, 0.6) is 0 Å². The Hall–Kier alpha value is 0.270. The van der Waals surface area contributed by atoms with Gasteiger partial charge in [0.1, 0.15) is 0 Å². The molecule has 2 nitrogen and oxygen atoms in total. The van der Waals surface area contributed by atoms with Gasteiger partial charge in [0.15, 0.2) is 0 Å². The Morgan fingerprint density at radius 2 is 2.33 bits per heavy atom. The van der Waals surface area contributed by atoms with E-state index in [4.69, 9.17) is 0 Å². The van der Waals surface area contributed by atoms with Crippen LogP contribution in [0.2, 0.25) is 0 Å². The summed E-state index contributed by atoms with van der Waals surface area (Å²) in [6.07, 6.45) is 2.66. The first-order chi connectivity index (χ1) is 3.93. The Morgan fingerprint density at radius 3 is 2.67 bits per heavy atom. The molecule has 0 aromatic rings. The molecule has 3 heteroatoms. The predicted octanol–water partition coefficient (Wildman–Crippen LogP) is 0.0706. The lowest BCUT2D eigenvalue weighted by molar-refractivity contribution is 0.412. The molecule has 1 fully saturated rings. The van der Waals surface area contributed by atoms with Gasteiger partial charge in [0.25, 0.3) is 0 Å². The third-order valence-electron chi connectivity index (χ3n) is 1.71. The van der Waals surface area contributed by atoms with Crippen molar-refractivity contribution >= 4 is 13.5 Å². The van der Waals surface area contributed by atoms with E-state index in [0.717, 1.165) is 12.6 Å². The number of nitrogens with one attached hydrogen (secondary N) is 2. The maximum atomic E-state index is 3.32. The van der Waals surface area contributed by atoms with Gasteiger partial charge in [-0.05, 0) is 26.4 Å². The SMILES string of the molecule is CN[C@@H]1CCCNC1.S. The molecule has 0 bridgehead atoms. The monoisotopic (exact) mass is 148 g/mol. The minimum atomic E-state index is 0. The molecule has 0 spiro atoms. The molecule has 1 rings (SSSR count). The van der Waals surface area contributed by atoms with Crippen LogP contribution in [-0.4, -0.2) is 26.2 Å². The largest absolute Gasteiger partial charge is 0.316 e. The Labute approximate surface area is 63.9 Å². The highest BCUT2D eigenvalue weighted by atomic mass is 32.1. The first kappa shape index (κ1) is 9.27. The van der Waals surface area contributed by atoms with Gasteiger partial charge in [-0.25, -0.2) is 0 Å². The first-order valence-corrected chi connectivity index (χ1v) is 3.31. The second-order valence-electron chi connectivity index (χ2n) is 2.33. The van der Waals surface area contributed by atoms with Gasteiger partial charge in [-0.1, -0.05) is 0 Å². The summed E-state index contributed by atoms with van der Waals surface area (Å²) in [6.45, 7) is 2.36. The molecule has 0 aromatic carbocycles. The highest BCUT2D eigenvalue weighted by Crippen LogP contribution is 1.98. The van der Waals surface area contributed by atoms with E-state index in [-0.39, 0.29) is 13.5 Å². The molecule has 1 heterocycles. The Bertz CT molecular complexity index is 62.1. The lowest BCUT2D eigenvalue weighted by Crippen LogP contribution is -2.41. The van der Waals surface area contributed by atoms with Gasteiger partial charge < -0.3 is 10.6 Å². The van der Waals surface area contributed by atoms with Gasteiger partial charge in [-0.2, -0.15) is 13.5 Å². The van der Waals surface area contributed by atoms with E-state index in [9.17, 15) is 0 Å². The zero-order chi connectivity index (χ0) is 5.82. The van der Waals surface area contributed by atoms with E-state index >= 15 is 0 Å². The standard InChI is InChI=1S/C6H14N2.H2S/c1-7-6-3-2-4-8-5-6;/h6-8H,2-5H2,1H3;1H2/t6-;/m1./s1. The lowest BCUT2D eigenvalue weighted by atomic mass is 10.1. The molecule has 56 valence electrons. The average molecular weight is 148 g/mol. The van der Waals surface area contributed by atoms with Crippen molar-refractivity contribution in [3.05, 3.63) is 0 Å². The number of piperidine rings is 1. The topological polar surface area (TPSA) is 24.1 Å². The van der Waals surface area contributed by atoms with Crippen molar-refractivity contribution in [2.45, 2.75) is 18.9 Å². The molecule has 0 unspecified atom stereocenters. The average Bonchev–Trinajstić information content (AvgIpc) is 1.90. The van der Waals surface area contributed by atoms with Crippen LogP contribution in [0.25, 0.3) is 0 Å². The maximum Gasteiger partial charge on any atom is 0.0189 e. The number of hydrogen-bond acceptors (Lipinski definition) is 2. The minimum Gasteiger partial charge on any atom is -0.316 e. The molecule has 0 saturated carbocycles. The molecule has 1 atom stereocenters. The van der Waals surface area contributed by atoms with Crippen LogP contribution in [0, 0.1) is 0 Å². The van der Waals surface area contributed by atoms with Crippen molar-refractivity contribution in [1.29, 1.82) is 0 Å². The smallest absolute Gasteiger partial charge is 0.0189 e. The summed E-state index contributed by atoms with van der Waals surface area (Å²) in [5.74, 6) is 0. The van der Waals surface area contributed by atoms with Crippen LogP contribution in [0.15, 0.2) is 0 Å². The van der Waals surface area contributed by atoms with Crippen molar-refractivity contribution in [1.82, 2.24) is 10.6 Å². The van der Waals surface area contributed by atoms with Crippen LogP contribution in [-0.2, 0) is 0 Å². The molecule has 2 N–H and O–H groups in total. The molecule has 1 saturated heterocycles. The molecule has 1 aliphatic heterocycles. The second kappa shape index (κ2) is 5.09. The molecule has 9 heavy (non-hydrogen) atoms. The summed E-state index contributed by atoms with van der Waals surface area (Å²) in [5.41, 5.74) is 0. The van der Waals surface area contributed by atoms with E-state index in [1.807, 2.05) is 7.05 Å². The summed E-state index contributed by atoms with van der Waals surface area (Å²) in [6, 6.07) is 0.726. The van der Waals surface area contributed by atoms with E-state index in [1.54, 1.807) is 0 Å². The fraction of sp³-hybridized carbons (Fsp3) is 1.00. The zero-order valence-corrected chi connectivity index (χ0v) is 6.91. The fourth-order valence-electron chi connectivity index (χ4n) is 1.10. The number of rotatable bonds is 1. The first-order valence-electron chi connectivity index (χ1n) is 3.31. The van der Waals surface area contributed by atoms with Crippen LogP contribution in [0.3, 0.4) is 0 Å². The number of likely N-dealkylation sites (N-methyl/N-ethyl adjacent to an activating group) is 1. The van der Waals surface area contributed by atoms with E-state index in [1.165, 1.54) is 19.4 Å². The minimum absolute atomic E-state index is 0. The van der Waals surface area contributed by atoms with Crippen molar-refractivity contribution in [2.24, 2.45) is 0 Å². The highest BCUT2D eigenvalue weighted by Gasteiger charge is 2.08. The van der Waals surface area contributed by atoms with E-state index < -0.39 is 0 Å². The van der Waals surface area contributed by atoms with Gasteiger partial charge >= 0.3 is 0 Å². The zero-order valence-electron chi connectivity index (χ0n) is 5.91. The van der Waals surface area contributed by atoms with Crippen LogP contribution in [0.4, 0.5) is 0 Å². The van der Waals surface area contributed by atoms with Crippen molar-refractivity contribution in [3.63, 3.8) is 0 Å². The Kier molecular flexibility index (Phi) is 5.24. The summed E-state index contributed by atoms with van der Waals surface area (Å²) in [5, 5.41) is 6.56. The molecule has 0 aromatic heterocycles. The third kappa shape index (κ3) is 3.08. The van der Waals surface area contributed by atoms with Crippen molar-refractivity contribution in [2.75, 3.05) is 20.1 Å². The summed E-state index contributed by atoms with van der Waals surface area (Å²) >= 11 is 0. The molecular weight excluding hydrogens is 132 g/mol. The summed E-state index contributed by atoms with van der Waals surface area (Å²) < 4.78 is 0. The Balaban J connectivity index is 0.000000640. The highest BCUT2D eigenvalue weighted by molar-refractivity contribution is 7.59. The van der Waals surface area contributed by atoms with E-state index in [2.05, 4.69) is 10.6 Å². The fourth-order valence-corrected chi connectivity index (χ4v) is 1.10. The van der Waals surface area contributed by atoms with Gasteiger partial charge in [0.2, 0.25) is 0 Å². The lowest BCUT2D eigenvalue weighted by Gasteiger charge is -2.21. The predicted molar refractivity (Wildman–Crippen MR) is 45.3 cm³/mol. The van der Waals surface area contributed by atoms with Crippen LogP contribution >= 0.6 is 13.5 Å².